The minimum atomic E-state index is -0.250. The molecule has 0 spiro atoms. The number of carbonyl (C=O) groups is 3. The highest BCUT2D eigenvalue weighted by Crippen LogP contribution is 2.29. The Bertz CT molecular complexity index is 914. The van der Waals surface area contributed by atoms with E-state index in [1.54, 1.807) is 13.2 Å². The predicted molar refractivity (Wildman–Crippen MR) is 180 cm³/mol. The van der Waals surface area contributed by atoms with E-state index in [1.807, 2.05) is 6.08 Å². The number of carboxylic acid groups (broad SMARTS) is 1. The van der Waals surface area contributed by atoms with E-state index in [0.29, 0.717) is 5.92 Å². The van der Waals surface area contributed by atoms with Crippen LogP contribution in [0.4, 0.5) is 0 Å². The normalized spacial score (nSPS) is 30.1. The number of ether oxygens (including phenoxy) is 3. The lowest BCUT2D eigenvalue weighted by Crippen LogP contribution is -2.50. The van der Waals surface area contributed by atoms with Gasteiger partial charge < -0.3 is 40.1 Å². The number of nitrogens with one attached hydrogen (secondary N) is 1. The Hall–Kier alpha value is -2.41. The van der Waals surface area contributed by atoms with Gasteiger partial charge in [-0.2, -0.15) is 0 Å². The average Bonchev–Trinajstić information content (AvgIpc) is 3.02. The van der Waals surface area contributed by atoms with E-state index in [-0.39, 0.29) is 48.4 Å². The molecule has 3 aliphatic rings. The van der Waals surface area contributed by atoms with Crippen LogP contribution in [0.3, 0.4) is 0 Å². The Morgan fingerprint density at radius 1 is 1.18 bits per heavy atom. The van der Waals surface area contributed by atoms with Crippen LogP contribution in [0, 0.1) is 5.92 Å². The summed E-state index contributed by atoms with van der Waals surface area (Å²) in [6.45, 7) is 16.9. The number of hydrogen-bond donors (Lipinski definition) is 3. The number of aldehydes is 1. The first-order valence-electron chi connectivity index (χ1n) is 16.1. The monoisotopic (exact) mass is 638 g/mol. The van der Waals surface area contributed by atoms with E-state index in [2.05, 4.69) is 80.7 Å². The van der Waals surface area contributed by atoms with Gasteiger partial charge in [0.25, 0.3) is 6.47 Å². The predicted octanol–water partition coefficient (Wildman–Crippen LogP) is 3.43. The highest BCUT2D eigenvalue weighted by atomic mass is 16.5. The molecule has 0 aromatic heterocycles. The Kier molecular flexibility index (Phi) is 22.6. The molecule has 7 atom stereocenters. The van der Waals surface area contributed by atoms with Crippen LogP contribution in [0.15, 0.2) is 36.0 Å². The fraction of sp³-hybridized carbons (Fsp3) is 0.735. The Morgan fingerprint density at radius 3 is 2.36 bits per heavy atom. The molecular weight excluding hydrogens is 576 g/mol. The summed E-state index contributed by atoms with van der Waals surface area (Å²) >= 11 is 0. The zero-order valence-electron chi connectivity index (χ0n) is 29.2. The van der Waals surface area contributed by atoms with Gasteiger partial charge in [-0.1, -0.05) is 36.8 Å². The molecule has 0 radical (unpaired) electrons. The van der Waals surface area contributed by atoms with E-state index in [4.69, 9.17) is 28.9 Å². The van der Waals surface area contributed by atoms with Gasteiger partial charge in [0.15, 0.2) is 0 Å². The van der Waals surface area contributed by atoms with E-state index in [9.17, 15) is 4.79 Å². The molecule has 0 aromatic carbocycles. The number of methoxy groups -OCH3 is 1. The quantitative estimate of drug-likeness (QED) is 0.195. The lowest BCUT2D eigenvalue weighted by molar-refractivity contribution is -0.124. The highest BCUT2D eigenvalue weighted by Gasteiger charge is 2.34. The number of likely N-dealkylation sites (N-methyl/N-ethyl adjacent to an activating group) is 1. The third kappa shape index (κ3) is 17.2. The molecule has 0 aromatic rings. The van der Waals surface area contributed by atoms with Crippen LogP contribution in [0.2, 0.25) is 0 Å². The molecule has 4 N–H and O–H groups in total. The van der Waals surface area contributed by atoms with Crippen molar-refractivity contribution in [2.45, 2.75) is 103 Å². The molecule has 3 aliphatic heterocycles. The number of piperazine rings is 1. The van der Waals surface area contributed by atoms with Crippen LogP contribution < -0.4 is 11.1 Å². The van der Waals surface area contributed by atoms with Gasteiger partial charge in [0.05, 0.1) is 36.6 Å². The van der Waals surface area contributed by atoms with Crippen molar-refractivity contribution in [1.82, 2.24) is 15.1 Å². The smallest absolute Gasteiger partial charge is 0.290 e. The average molecular weight is 639 g/mol. The third-order valence-electron chi connectivity index (χ3n) is 8.52. The molecule has 7 unspecified atom stereocenters. The summed E-state index contributed by atoms with van der Waals surface area (Å²) in [5, 5.41) is 10.1. The zero-order valence-corrected chi connectivity index (χ0v) is 29.2. The molecule has 3 rings (SSSR count). The summed E-state index contributed by atoms with van der Waals surface area (Å²) in [5.74, 6) is 0.342. The van der Waals surface area contributed by atoms with Crippen LogP contribution in [0.25, 0.3) is 0 Å². The van der Waals surface area contributed by atoms with Gasteiger partial charge in [0.2, 0.25) is 5.91 Å². The summed E-state index contributed by atoms with van der Waals surface area (Å²) in [5.41, 5.74) is 5.61. The topological polar surface area (TPSA) is 144 Å². The fourth-order valence-corrected chi connectivity index (χ4v) is 5.47. The van der Waals surface area contributed by atoms with E-state index in [1.165, 1.54) is 19.5 Å². The second-order valence-corrected chi connectivity index (χ2v) is 12.0. The Labute approximate surface area is 272 Å². The van der Waals surface area contributed by atoms with Crippen molar-refractivity contribution in [3.63, 3.8) is 0 Å². The lowest BCUT2D eigenvalue weighted by Gasteiger charge is -2.39. The number of rotatable bonds is 9. The molecule has 1 amide bonds. The minimum Gasteiger partial charge on any atom is -0.483 e. The molecule has 45 heavy (non-hydrogen) atoms. The molecule has 11 heteroatoms. The van der Waals surface area contributed by atoms with Crippen molar-refractivity contribution in [3.05, 3.63) is 36.0 Å². The molecule has 3 heterocycles. The SMILES string of the molecule is CC=O.CN.COC1(C)CCOC(/C=C/C(C)=C/CC2OC(C)C(NC(=O)/C=C\C(C)N3CCN(C)CC3)CC2C)C1.O=CO. The second-order valence-electron chi connectivity index (χ2n) is 12.0. The van der Waals surface area contributed by atoms with Crippen LogP contribution in [0.5, 0.6) is 0 Å². The fourth-order valence-electron chi connectivity index (χ4n) is 5.47. The van der Waals surface area contributed by atoms with Crippen molar-refractivity contribution >= 4 is 18.7 Å². The first-order chi connectivity index (χ1) is 21.4. The van der Waals surface area contributed by atoms with Crippen molar-refractivity contribution in [1.29, 1.82) is 0 Å². The van der Waals surface area contributed by atoms with E-state index in [0.717, 1.165) is 64.8 Å². The third-order valence-corrected chi connectivity index (χ3v) is 8.52. The van der Waals surface area contributed by atoms with Gasteiger partial charge in [-0.05, 0) is 73.9 Å². The van der Waals surface area contributed by atoms with Gasteiger partial charge in [-0.3, -0.25) is 14.5 Å². The molecular formula is C34H62N4O7. The number of nitrogens with zero attached hydrogens (tertiary/aromatic N) is 2. The summed E-state index contributed by atoms with van der Waals surface area (Å²) in [6.07, 6.45) is 14.9. The Morgan fingerprint density at radius 2 is 1.78 bits per heavy atom. The van der Waals surface area contributed by atoms with Gasteiger partial charge >= 0.3 is 0 Å². The van der Waals surface area contributed by atoms with Crippen LogP contribution in [-0.2, 0) is 28.6 Å². The van der Waals surface area contributed by atoms with Crippen LogP contribution in [0.1, 0.15) is 67.2 Å². The summed E-state index contributed by atoms with van der Waals surface area (Å²) < 4.78 is 17.9. The maximum atomic E-state index is 12.6. The number of carbonyl (C=O) groups excluding carboxylic acids is 2. The molecule has 260 valence electrons. The van der Waals surface area contributed by atoms with Crippen LogP contribution in [-0.4, -0.2) is 124 Å². The van der Waals surface area contributed by atoms with Crippen LogP contribution >= 0.6 is 0 Å². The van der Waals surface area contributed by atoms with Crippen molar-refractivity contribution in [2.24, 2.45) is 11.7 Å². The lowest BCUT2D eigenvalue weighted by atomic mass is 9.88. The number of nitrogens with two attached hydrogens (primary N) is 1. The Balaban J connectivity index is 0.00000220. The number of allylic oxidation sites excluding steroid dienone is 2. The number of hydrogen-bond acceptors (Lipinski definition) is 9. The zero-order chi connectivity index (χ0) is 34.4. The largest absolute Gasteiger partial charge is 0.483 e. The first kappa shape index (κ1) is 42.6. The maximum absolute atomic E-state index is 12.6. The molecule has 3 fully saturated rings. The van der Waals surface area contributed by atoms with Gasteiger partial charge in [0.1, 0.15) is 6.29 Å². The van der Waals surface area contributed by atoms with E-state index >= 15 is 0 Å². The first-order valence-corrected chi connectivity index (χ1v) is 16.1. The molecule has 11 nitrogen and oxygen atoms in total. The van der Waals surface area contributed by atoms with Gasteiger partial charge in [-0.25, -0.2) is 0 Å². The standard InChI is InChI=1S/C30H51N3O4.C2H4O.CH5N.CH2O2/c1-22(8-11-26-21-30(5,35-7)14-19-36-26)9-12-28-23(2)20-27(25(4)37-28)31-29(34)13-10-24(3)33-17-15-32(6)16-18-33;1-2-3;1-2;2-1-3/h8-11,13,23-28H,12,14-21H2,1-7H3,(H,31,34);2H,1H3;2H2,1H3;1H,(H,2,3)/b11-8+,13-10-,22-9+;;;. The van der Waals surface area contributed by atoms with Crippen molar-refractivity contribution < 1.29 is 33.7 Å². The molecule has 0 saturated carbocycles. The minimum absolute atomic E-state index is 0.0137. The maximum Gasteiger partial charge on any atom is 0.290 e. The summed E-state index contributed by atoms with van der Waals surface area (Å²) in [4.78, 5) is 34.6. The number of amides is 1. The highest BCUT2D eigenvalue weighted by molar-refractivity contribution is 5.87. The van der Waals surface area contributed by atoms with Crippen molar-refractivity contribution in [3.8, 4) is 0 Å². The molecule has 0 bridgehead atoms. The van der Waals surface area contributed by atoms with E-state index < -0.39 is 0 Å². The van der Waals surface area contributed by atoms with Gasteiger partial charge in [0, 0.05) is 51.8 Å². The second kappa shape index (κ2) is 23.9. The van der Waals surface area contributed by atoms with Crippen molar-refractivity contribution in [2.75, 3.05) is 54.0 Å². The van der Waals surface area contributed by atoms with Gasteiger partial charge in [-0.15, -0.1) is 0 Å². The molecule has 3 saturated heterocycles. The molecule has 0 aliphatic carbocycles. The summed E-state index contributed by atoms with van der Waals surface area (Å²) in [6, 6.07) is 0.298. The summed E-state index contributed by atoms with van der Waals surface area (Å²) in [7, 11) is 5.44.